The fourth-order valence-corrected chi connectivity index (χ4v) is 2.50. The Labute approximate surface area is 115 Å². The Balaban J connectivity index is 1.97. The van der Waals surface area contributed by atoms with Crippen LogP contribution in [0, 0.1) is 10.1 Å². The summed E-state index contributed by atoms with van der Waals surface area (Å²) in [6.07, 6.45) is 4.09. The molecule has 0 amide bonds. The maximum atomic E-state index is 11.3. The maximum absolute atomic E-state index is 11.3. The lowest BCUT2D eigenvalue weighted by atomic mass is 9.80. The highest BCUT2D eigenvalue weighted by molar-refractivity contribution is 5.94. The van der Waals surface area contributed by atoms with Crippen molar-refractivity contribution in [1.29, 1.82) is 0 Å². The molecule has 1 fully saturated rings. The highest BCUT2D eigenvalue weighted by Gasteiger charge is 2.34. The number of fused-ring (bicyclic) bond motifs is 1. The van der Waals surface area contributed by atoms with Gasteiger partial charge in [-0.3, -0.25) is 15.1 Å². The second kappa shape index (κ2) is 4.72. The summed E-state index contributed by atoms with van der Waals surface area (Å²) in [5, 5.41) is 24.9. The van der Waals surface area contributed by atoms with Crippen LogP contribution in [0.4, 0.5) is 11.4 Å². The van der Waals surface area contributed by atoms with Gasteiger partial charge in [0, 0.05) is 12.7 Å². The van der Waals surface area contributed by atoms with Gasteiger partial charge in [-0.05, 0) is 43.5 Å². The van der Waals surface area contributed by atoms with Crippen molar-refractivity contribution in [3.63, 3.8) is 0 Å². The first-order valence-electron chi connectivity index (χ1n) is 6.57. The summed E-state index contributed by atoms with van der Waals surface area (Å²) in [5.41, 5.74) is 0.305. The number of hydrogen-bond acceptors (Lipinski definition) is 5. The number of aliphatic hydroxyl groups is 1. The van der Waals surface area contributed by atoms with Crippen molar-refractivity contribution in [1.82, 2.24) is 4.98 Å². The summed E-state index contributed by atoms with van der Waals surface area (Å²) < 4.78 is 0. The molecule has 0 atom stereocenters. The number of nitro benzene ring substituents is 1. The summed E-state index contributed by atoms with van der Waals surface area (Å²) in [5.74, 6) is 0. The second-order valence-electron chi connectivity index (χ2n) is 5.22. The molecule has 0 spiro atoms. The van der Waals surface area contributed by atoms with Crippen LogP contribution >= 0.6 is 0 Å². The molecule has 0 unspecified atom stereocenters. The van der Waals surface area contributed by atoms with Gasteiger partial charge in [0.25, 0.3) is 0 Å². The van der Waals surface area contributed by atoms with Crippen molar-refractivity contribution in [2.75, 3.05) is 11.9 Å². The monoisotopic (exact) mass is 273 g/mol. The first-order chi connectivity index (χ1) is 9.59. The molecule has 1 aliphatic rings. The molecule has 6 nitrogen and oxygen atoms in total. The summed E-state index contributed by atoms with van der Waals surface area (Å²) in [4.78, 5) is 15.0. The topological polar surface area (TPSA) is 88.3 Å². The normalized spacial score (nSPS) is 16.6. The van der Waals surface area contributed by atoms with Crippen molar-refractivity contribution in [3.05, 3.63) is 40.6 Å². The molecule has 3 rings (SSSR count). The summed E-state index contributed by atoms with van der Waals surface area (Å²) in [7, 11) is 0. The highest BCUT2D eigenvalue weighted by atomic mass is 16.6. The van der Waals surface area contributed by atoms with Crippen LogP contribution in [0.15, 0.2) is 30.5 Å². The molecule has 0 bridgehead atoms. The Kier molecular flexibility index (Phi) is 3.02. The molecule has 104 valence electrons. The molecule has 20 heavy (non-hydrogen) atoms. The number of nitrogens with one attached hydrogen (secondary N) is 1. The van der Waals surface area contributed by atoms with Crippen molar-refractivity contribution >= 4 is 22.3 Å². The maximum Gasteiger partial charge on any atom is 0.301 e. The third-order valence-electron chi connectivity index (χ3n) is 3.83. The minimum Gasteiger partial charge on any atom is -0.388 e. The van der Waals surface area contributed by atoms with E-state index >= 15 is 0 Å². The molecule has 1 aliphatic carbocycles. The molecule has 1 aromatic heterocycles. The standard InChI is InChI=1S/C14H15N3O3/c18-14(6-2-7-14)9-16-12-5-4-11-10(3-1-8-15-11)13(12)17(19)20/h1,3-5,8,16,18H,2,6-7,9H2. The number of nitrogens with zero attached hydrogens (tertiary/aromatic N) is 2. The Bertz CT molecular complexity index is 668. The average molecular weight is 273 g/mol. The molecular formula is C14H15N3O3. The van der Waals surface area contributed by atoms with E-state index in [1.165, 1.54) is 0 Å². The molecule has 0 radical (unpaired) electrons. The predicted molar refractivity (Wildman–Crippen MR) is 75.7 cm³/mol. The number of rotatable bonds is 4. The van der Waals surface area contributed by atoms with Crippen molar-refractivity contribution in [3.8, 4) is 0 Å². The van der Waals surface area contributed by atoms with Gasteiger partial charge in [-0.1, -0.05) is 0 Å². The lowest BCUT2D eigenvalue weighted by Crippen LogP contribution is -2.43. The third-order valence-corrected chi connectivity index (χ3v) is 3.83. The van der Waals surface area contributed by atoms with Crippen LogP contribution < -0.4 is 5.32 Å². The minimum atomic E-state index is -0.724. The van der Waals surface area contributed by atoms with E-state index in [-0.39, 0.29) is 5.69 Å². The minimum absolute atomic E-state index is 0.0125. The smallest absolute Gasteiger partial charge is 0.301 e. The van der Waals surface area contributed by atoms with Crippen LogP contribution in [0.2, 0.25) is 0 Å². The van der Waals surface area contributed by atoms with E-state index in [2.05, 4.69) is 10.3 Å². The van der Waals surface area contributed by atoms with Crippen LogP contribution in [0.3, 0.4) is 0 Å². The average Bonchev–Trinajstić information content (AvgIpc) is 2.42. The predicted octanol–water partition coefficient (Wildman–Crippen LogP) is 2.47. The number of benzene rings is 1. The number of aromatic nitrogens is 1. The van der Waals surface area contributed by atoms with Crippen molar-refractivity contribution < 1.29 is 10.0 Å². The van der Waals surface area contributed by atoms with Gasteiger partial charge in [0.2, 0.25) is 0 Å². The third kappa shape index (κ3) is 2.18. The zero-order valence-corrected chi connectivity index (χ0v) is 10.9. The molecule has 1 saturated carbocycles. The van der Waals surface area contributed by atoms with E-state index in [0.717, 1.165) is 19.3 Å². The SMILES string of the molecule is O=[N+]([O-])c1c(NCC2(O)CCC2)ccc2ncccc12. The zero-order chi connectivity index (χ0) is 14.2. The van der Waals surface area contributed by atoms with E-state index in [4.69, 9.17) is 0 Å². The number of hydrogen-bond donors (Lipinski definition) is 2. The van der Waals surface area contributed by atoms with Crippen LogP contribution in [0.25, 0.3) is 10.9 Å². The molecule has 2 N–H and O–H groups in total. The van der Waals surface area contributed by atoms with Crippen LogP contribution in [0.1, 0.15) is 19.3 Å². The summed E-state index contributed by atoms with van der Waals surface area (Å²) >= 11 is 0. The van der Waals surface area contributed by atoms with Gasteiger partial charge in [0.05, 0.1) is 21.4 Å². The summed E-state index contributed by atoms with van der Waals surface area (Å²) in [6.45, 7) is 0.333. The van der Waals surface area contributed by atoms with Gasteiger partial charge in [0.15, 0.2) is 0 Å². The fraction of sp³-hybridized carbons (Fsp3) is 0.357. The van der Waals surface area contributed by atoms with Gasteiger partial charge in [-0.2, -0.15) is 0 Å². The van der Waals surface area contributed by atoms with Crippen molar-refractivity contribution in [2.45, 2.75) is 24.9 Å². The number of anilines is 1. The van der Waals surface area contributed by atoms with E-state index < -0.39 is 10.5 Å². The molecule has 6 heteroatoms. The molecule has 0 saturated heterocycles. The van der Waals surface area contributed by atoms with Crippen LogP contribution in [-0.2, 0) is 0 Å². The quantitative estimate of drug-likeness (QED) is 0.660. The first kappa shape index (κ1) is 12.8. The molecule has 0 aliphatic heterocycles. The molecule has 1 aromatic carbocycles. The van der Waals surface area contributed by atoms with E-state index in [0.29, 0.717) is 23.1 Å². The molecule has 1 heterocycles. The Morgan fingerprint density at radius 2 is 2.20 bits per heavy atom. The van der Waals surface area contributed by atoms with Gasteiger partial charge >= 0.3 is 5.69 Å². The Morgan fingerprint density at radius 1 is 1.40 bits per heavy atom. The second-order valence-corrected chi connectivity index (χ2v) is 5.22. The van der Waals surface area contributed by atoms with Crippen molar-refractivity contribution in [2.24, 2.45) is 0 Å². The van der Waals surface area contributed by atoms with Gasteiger partial charge in [-0.25, -0.2) is 0 Å². The van der Waals surface area contributed by atoms with E-state index in [1.807, 2.05) is 0 Å². The molecular weight excluding hydrogens is 258 g/mol. The Hall–Kier alpha value is -2.21. The highest BCUT2D eigenvalue weighted by Crippen LogP contribution is 2.35. The van der Waals surface area contributed by atoms with Gasteiger partial charge < -0.3 is 10.4 Å². The lowest BCUT2D eigenvalue weighted by Gasteiger charge is -2.36. The van der Waals surface area contributed by atoms with E-state index in [1.54, 1.807) is 30.5 Å². The largest absolute Gasteiger partial charge is 0.388 e. The number of pyridine rings is 1. The molecule has 2 aromatic rings. The number of nitro groups is 1. The Morgan fingerprint density at radius 3 is 2.85 bits per heavy atom. The van der Waals surface area contributed by atoms with Gasteiger partial charge in [0.1, 0.15) is 5.69 Å². The lowest BCUT2D eigenvalue weighted by molar-refractivity contribution is -0.382. The van der Waals surface area contributed by atoms with Crippen LogP contribution in [-0.4, -0.2) is 27.2 Å². The zero-order valence-electron chi connectivity index (χ0n) is 10.9. The van der Waals surface area contributed by atoms with Crippen LogP contribution in [0.5, 0.6) is 0 Å². The fourth-order valence-electron chi connectivity index (χ4n) is 2.50. The summed E-state index contributed by atoms with van der Waals surface area (Å²) in [6, 6.07) is 6.76. The van der Waals surface area contributed by atoms with Gasteiger partial charge in [-0.15, -0.1) is 0 Å². The van der Waals surface area contributed by atoms with E-state index in [9.17, 15) is 15.2 Å². The first-order valence-corrected chi connectivity index (χ1v) is 6.57.